The molecule has 1 aliphatic heterocycles. The van der Waals surface area contributed by atoms with Crippen molar-refractivity contribution in [2.24, 2.45) is 5.10 Å². The third kappa shape index (κ3) is 2.83. The molecule has 0 saturated heterocycles. The van der Waals surface area contributed by atoms with Crippen LogP contribution in [0.25, 0.3) is 0 Å². The van der Waals surface area contributed by atoms with Gasteiger partial charge in [0.25, 0.3) is 0 Å². The Morgan fingerprint density at radius 1 is 1.21 bits per heavy atom. The van der Waals surface area contributed by atoms with E-state index in [4.69, 9.17) is 9.84 Å². The van der Waals surface area contributed by atoms with E-state index in [1.807, 2.05) is 19.1 Å². The SMILES string of the molecule is COc1cccc([C@@H]2CC(c3cccs3)=NN2c2nc(C)cs2)c1. The highest BCUT2D eigenvalue weighted by molar-refractivity contribution is 7.13. The molecule has 3 aromatic rings. The molecule has 6 heteroatoms. The van der Waals surface area contributed by atoms with E-state index in [0.717, 1.165) is 28.7 Å². The quantitative estimate of drug-likeness (QED) is 0.669. The maximum Gasteiger partial charge on any atom is 0.206 e. The molecule has 2 aromatic heterocycles. The Balaban J connectivity index is 1.74. The van der Waals surface area contributed by atoms with E-state index in [2.05, 4.69) is 45.0 Å². The molecule has 0 saturated carbocycles. The minimum Gasteiger partial charge on any atom is -0.497 e. The molecule has 0 spiro atoms. The summed E-state index contributed by atoms with van der Waals surface area (Å²) in [5.74, 6) is 0.868. The van der Waals surface area contributed by atoms with Gasteiger partial charge in [0.15, 0.2) is 0 Å². The van der Waals surface area contributed by atoms with Crippen molar-refractivity contribution in [3.8, 4) is 5.75 Å². The number of thiophene rings is 1. The van der Waals surface area contributed by atoms with Gasteiger partial charge in [0.05, 0.1) is 29.4 Å². The molecule has 3 heterocycles. The Morgan fingerprint density at radius 3 is 2.83 bits per heavy atom. The minimum atomic E-state index is 0.141. The van der Waals surface area contributed by atoms with Crippen LogP contribution in [0.3, 0.4) is 0 Å². The molecule has 1 aromatic carbocycles. The first kappa shape index (κ1) is 15.4. The van der Waals surface area contributed by atoms with E-state index in [9.17, 15) is 0 Å². The fourth-order valence-electron chi connectivity index (χ4n) is 2.83. The first-order valence-electron chi connectivity index (χ1n) is 7.71. The van der Waals surface area contributed by atoms with E-state index in [1.54, 1.807) is 29.8 Å². The van der Waals surface area contributed by atoms with Gasteiger partial charge in [0.2, 0.25) is 5.13 Å². The first-order valence-corrected chi connectivity index (χ1v) is 9.47. The molecule has 0 amide bonds. The summed E-state index contributed by atoms with van der Waals surface area (Å²) < 4.78 is 5.39. The molecule has 0 bridgehead atoms. The fraction of sp³-hybridized carbons (Fsp3) is 0.222. The van der Waals surface area contributed by atoms with Crippen molar-refractivity contribution in [3.05, 3.63) is 63.3 Å². The summed E-state index contributed by atoms with van der Waals surface area (Å²) in [6.07, 6.45) is 0.867. The molecule has 24 heavy (non-hydrogen) atoms. The summed E-state index contributed by atoms with van der Waals surface area (Å²) in [5.41, 5.74) is 3.34. The standard InChI is InChI=1S/C18H17N3OS2/c1-12-11-24-18(19-12)21-16(13-5-3-6-14(9-13)22-2)10-15(20-21)17-7-4-8-23-17/h3-9,11,16H,10H2,1-2H3/t16-/m0/s1. The average molecular weight is 355 g/mol. The predicted molar refractivity (Wildman–Crippen MR) is 101 cm³/mol. The third-order valence-electron chi connectivity index (χ3n) is 4.00. The molecule has 0 N–H and O–H groups in total. The van der Waals surface area contributed by atoms with Crippen LogP contribution in [-0.4, -0.2) is 17.8 Å². The average Bonchev–Trinajstić information content (AvgIpc) is 3.34. The van der Waals surface area contributed by atoms with Crippen LogP contribution in [0.15, 0.2) is 52.3 Å². The molecule has 0 aliphatic carbocycles. The monoisotopic (exact) mass is 355 g/mol. The summed E-state index contributed by atoms with van der Waals surface area (Å²) in [6, 6.07) is 12.6. The maximum absolute atomic E-state index is 5.39. The van der Waals surface area contributed by atoms with Gasteiger partial charge in [-0.25, -0.2) is 9.99 Å². The van der Waals surface area contributed by atoms with Crippen molar-refractivity contribution in [2.45, 2.75) is 19.4 Å². The lowest BCUT2D eigenvalue weighted by atomic mass is 10.0. The number of ether oxygens (including phenoxy) is 1. The van der Waals surface area contributed by atoms with Crippen LogP contribution in [0, 0.1) is 6.92 Å². The summed E-state index contributed by atoms with van der Waals surface area (Å²) in [5, 5.41) is 12.0. The Morgan fingerprint density at radius 2 is 2.12 bits per heavy atom. The lowest BCUT2D eigenvalue weighted by Gasteiger charge is -2.21. The van der Waals surface area contributed by atoms with Crippen molar-refractivity contribution >= 4 is 33.5 Å². The summed E-state index contributed by atoms with van der Waals surface area (Å²) in [4.78, 5) is 5.86. The molecule has 122 valence electrons. The second-order valence-corrected chi connectivity index (χ2v) is 7.42. The van der Waals surface area contributed by atoms with Crippen LogP contribution in [0.2, 0.25) is 0 Å². The molecule has 4 rings (SSSR count). The molecular formula is C18H17N3OS2. The summed E-state index contributed by atoms with van der Waals surface area (Å²) >= 11 is 3.36. The third-order valence-corrected chi connectivity index (χ3v) is 5.86. The van der Waals surface area contributed by atoms with Gasteiger partial charge >= 0.3 is 0 Å². The number of hydrazone groups is 1. The molecule has 0 unspecified atom stereocenters. The van der Waals surface area contributed by atoms with E-state index in [-0.39, 0.29) is 6.04 Å². The summed E-state index contributed by atoms with van der Waals surface area (Å²) in [7, 11) is 1.70. The lowest BCUT2D eigenvalue weighted by Crippen LogP contribution is -2.18. The van der Waals surface area contributed by atoms with Gasteiger partial charge in [0.1, 0.15) is 5.75 Å². The van der Waals surface area contributed by atoms with E-state index >= 15 is 0 Å². The second-order valence-electron chi connectivity index (χ2n) is 5.64. The van der Waals surface area contributed by atoms with Gasteiger partial charge in [-0.2, -0.15) is 5.10 Å². The van der Waals surface area contributed by atoms with Crippen molar-refractivity contribution in [3.63, 3.8) is 0 Å². The number of rotatable bonds is 4. The van der Waals surface area contributed by atoms with Gasteiger partial charge in [-0.15, -0.1) is 22.7 Å². The topological polar surface area (TPSA) is 37.7 Å². The van der Waals surface area contributed by atoms with Crippen molar-refractivity contribution in [1.29, 1.82) is 0 Å². The van der Waals surface area contributed by atoms with Crippen LogP contribution in [-0.2, 0) is 0 Å². The highest BCUT2D eigenvalue weighted by atomic mass is 32.1. The predicted octanol–water partition coefficient (Wildman–Crippen LogP) is 4.88. The Hall–Kier alpha value is -2.18. The number of nitrogens with zero attached hydrogens (tertiary/aromatic N) is 3. The molecule has 1 atom stereocenters. The zero-order valence-electron chi connectivity index (χ0n) is 13.5. The Labute approximate surface area is 149 Å². The smallest absolute Gasteiger partial charge is 0.206 e. The number of methoxy groups -OCH3 is 1. The van der Waals surface area contributed by atoms with Crippen LogP contribution >= 0.6 is 22.7 Å². The molecule has 0 fully saturated rings. The van der Waals surface area contributed by atoms with E-state index in [1.165, 1.54) is 10.4 Å². The molecule has 1 aliphatic rings. The van der Waals surface area contributed by atoms with Gasteiger partial charge < -0.3 is 4.74 Å². The Bertz CT molecular complexity index is 870. The zero-order valence-corrected chi connectivity index (χ0v) is 15.1. The molecular weight excluding hydrogens is 338 g/mol. The van der Waals surface area contributed by atoms with Gasteiger partial charge in [-0.1, -0.05) is 18.2 Å². The van der Waals surface area contributed by atoms with Crippen molar-refractivity contribution < 1.29 is 4.74 Å². The van der Waals surface area contributed by atoms with Crippen LogP contribution in [0.1, 0.15) is 28.6 Å². The zero-order chi connectivity index (χ0) is 16.5. The number of aromatic nitrogens is 1. The number of aryl methyl sites for hydroxylation is 1. The van der Waals surface area contributed by atoms with Crippen LogP contribution in [0.5, 0.6) is 5.75 Å². The van der Waals surface area contributed by atoms with Crippen molar-refractivity contribution in [2.75, 3.05) is 12.1 Å². The van der Waals surface area contributed by atoms with Crippen LogP contribution < -0.4 is 9.75 Å². The minimum absolute atomic E-state index is 0.141. The molecule has 0 radical (unpaired) electrons. The first-order chi connectivity index (χ1) is 11.7. The Kier molecular flexibility index (Phi) is 4.08. The van der Waals surface area contributed by atoms with Gasteiger partial charge in [-0.3, -0.25) is 0 Å². The second kappa shape index (κ2) is 6.37. The maximum atomic E-state index is 5.39. The number of thiazole rings is 1. The number of hydrogen-bond acceptors (Lipinski definition) is 6. The highest BCUT2D eigenvalue weighted by Gasteiger charge is 2.32. The fourth-order valence-corrected chi connectivity index (χ4v) is 4.36. The lowest BCUT2D eigenvalue weighted by molar-refractivity contribution is 0.414. The highest BCUT2D eigenvalue weighted by Crippen LogP contribution is 2.39. The normalized spacial score (nSPS) is 17.2. The van der Waals surface area contributed by atoms with Crippen LogP contribution in [0.4, 0.5) is 5.13 Å². The molecule has 4 nitrogen and oxygen atoms in total. The van der Waals surface area contributed by atoms with Gasteiger partial charge in [0, 0.05) is 11.8 Å². The van der Waals surface area contributed by atoms with Gasteiger partial charge in [-0.05, 0) is 36.1 Å². The largest absolute Gasteiger partial charge is 0.497 e. The summed E-state index contributed by atoms with van der Waals surface area (Å²) in [6.45, 7) is 2.01. The number of benzene rings is 1. The van der Waals surface area contributed by atoms with Crippen molar-refractivity contribution in [1.82, 2.24) is 4.98 Å². The number of hydrogen-bond donors (Lipinski definition) is 0. The van der Waals surface area contributed by atoms with E-state index < -0.39 is 0 Å². The van der Waals surface area contributed by atoms with E-state index in [0.29, 0.717) is 0 Å². The number of anilines is 1.